The average molecular weight is 592 g/mol. The fourth-order valence-electron chi connectivity index (χ4n) is 5.43. The largest absolute Gasteiger partial charge is 0.382 e. The maximum absolute atomic E-state index is 14.9. The van der Waals surface area contributed by atoms with E-state index in [1.807, 2.05) is 18.2 Å². The van der Waals surface area contributed by atoms with Crippen molar-refractivity contribution in [3.05, 3.63) is 112 Å². The van der Waals surface area contributed by atoms with Gasteiger partial charge in [0.25, 0.3) is 17.4 Å². The van der Waals surface area contributed by atoms with Gasteiger partial charge in [-0.15, -0.1) is 0 Å². The summed E-state index contributed by atoms with van der Waals surface area (Å²) in [6.45, 7) is 3.09. The predicted octanol–water partition coefficient (Wildman–Crippen LogP) is 4.82. The summed E-state index contributed by atoms with van der Waals surface area (Å²) in [6.07, 6.45) is 3.28. The number of hydrogen-bond acceptors (Lipinski definition) is 6. The lowest BCUT2D eigenvalue weighted by molar-refractivity contribution is 0.0792. The van der Waals surface area contributed by atoms with Crippen molar-refractivity contribution in [1.29, 1.82) is 0 Å². The summed E-state index contributed by atoms with van der Waals surface area (Å²) in [6, 6.07) is 20.0. The zero-order valence-electron chi connectivity index (χ0n) is 24.3. The summed E-state index contributed by atoms with van der Waals surface area (Å²) < 4.78 is 18.0. The van der Waals surface area contributed by atoms with E-state index in [1.165, 1.54) is 29.1 Å². The minimum absolute atomic E-state index is 0.0377. The molecule has 0 saturated carbocycles. The molecule has 0 radical (unpaired) electrons. The summed E-state index contributed by atoms with van der Waals surface area (Å²) in [5.41, 5.74) is 9.05. The van der Waals surface area contributed by atoms with E-state index in [0.717, 1.165) is 12.8 Å². The molecule has 44 heavy (non-hydrogen) atoms. The number of hydrogen-bond donors (Lipinski definition) is 2. The highest BCUT2D eigenvalue weighted by Gasteiger charge is 2.23. The van der Waals surface area contributed by atoms with Crippen LogP contribution in [0.1, 0.15) is 39.3 Å². The number of nitrogens with one attached hydrogen (secondary N) is 1. The van der Waals surface area contributed by atoms with Crippen LogP contribution in [0, 0.1) is 12.7 Å². The Morgan fingerprint density at radius 2 is 1.68 bits per heavy atom. The number of nitrogen functional groups attached to an aromatic ring is 1. The highest BCUT2D eigenvalue weighted by Crippen LogP contribution is 2.29. The standard InChI is InChI=1S/C33H30FN7O3/c1-20-28(33(44)41(39(20)2)24-8-4-3-5-9-24)31(42)37-23-13-10-21(11-14-23)29-30(35)36-19-27(38-29)25-18-22(12-15-26(25)34)32(43)40-16-6-7-17-40/h3-5,8-15,18-19H,6-7,16-17H2,1-2H3,(H2,35,36)(H,37,42). The predicted molar refractivity (Wildman–Crippen MR) is 166 cm³/mol. The lowest BCUT2D eigenvalue weighted by Crippen LogP contribution is -2.27. The molecule has 1 aliphatic heterocycles. The quantitative estimate of drug-likeness (QED) is 0.292. The van der Waals surface area contributed by atoms with Gasteiger partial charge in [-0.05, 0) is 62.2 Å². The van der Waals surface area contributed by atoms with Crippen molar-refractivity contribution >= 4 is 23.3 Å². The number of halogens is 1. The number of benzene rings is 3. The van der Waals surface area contributed by atoms with Gasteiger partial charge >= 0.3 is 0 Å². The number of nitrogens with zero attached hydrogens (tertiary/aromatic N) is 5. The molecule has 1 saturated heterocycles. The van der Waals surface area contributed by atoms with Crippen LogP contribution in [0.4, 0.5) is 15.9 Å². The molecule has 0 spiro atoms. The molecule has 0 unspecified atom stereocenters. The second-order valence-corrected chi connectivity index (χ2v) is 10.7. The van der Waals surface area contributed by atoms with Gasteiger partial charge in [0.05, 0.1) is 23.3 Å². The Morgan fingerprint density at radius 3 is 2.39 bits per heavy atom. The number of para-hydroxylation sites is 1. The number of amides is 2. The molecule has 1 aliphatic rings. The molecule has 5 aromatic rings. The number of nitrogens with two attached hydrogens (primary N) is 1. The Labute approximate surface area is 252 Å². The second-order valence-electron chi connectivity index (χ2n) is 10.7. The SMILES string of the molecule is Cc1c(C(=O)Nc2ccc(-c3nc(-c4cc(C(=O)N5CCCC5)ccc4F)cnc3N)cc2)c(=O)n(-c2ccccc2)n1C. The van der Waals surface area contributed by atoms with Crippen LogP contribution in [0.15, 0.2) is 83.8 Å². The number of anilines is 2. The number of likely N-dealkylation sites (tertiary alicyclic amines) is 1. The smallest absolute Gasteiger partial charge is 0.284 e. The van der Waals surface area contributed by atoms with E-state index in [-0.39, 0.29) is 28.5 Å². The molecule has 0 aliphatic carbocycles. The van der Waals surface area contributed by atoms with Crippen LogP contribution in [-0.4, -0.2) is 49.1 Å². The van der Waals surface area contributed by atoms with Crippen LogP contribution in [0.5, 0.6) is 0 Å². The molecule has 1 fully saturated rings. The van der Waals surface area contributed by atoms with Crippen LogP contribution in [0.25, 0.3) is 28.2 Å². The molecule has 2 aromatic heterocycles. The molecular formula is C33H30FN7O3. The van der Waals surface area contributed by atoms with E-state index < -0.39 is 17.3 Å². The Balaban J connectivity index is 1.25. The summed E-state index contributed by atoms with van der Waals surface area (Å²) >= 11 is 0. The van der Waals surface area contributed by atoms with Gasteiger partial charge < -0.3 is 16.0 Å². The highest BCUT2D eigenvalue weighted by atomic mass is 19.1. The van der Waals surface area contributed by atoms with Gasteiger partial charge in [-0.1, -0.05) is 30.3 Å². The average Bonchev–Trinajstić information content (AvgIpc) is 3.65. The molecule has 2 amide bonds. The maximum atomic E-state index is 14.9. The minimum atomic E-state index is -0.536. The first-order valence-electron chi connectivity index (χ1n) is 14.2. The first-order valence-corrected chi connectivity index (χ1v) is 14.2. The monoisotopic (exact) mass is 591 g/mol. The molecule has 0 bridgehead atoms. The lowest BCUT2D eigenvalue weighted by Gasteiger charge is -2.16. The van der Waals surface area contributed by atoms with Crippen LogP contribution in [0.2, 0.25) is 0 Å². The molecule has 222 valence electrons. The number of rotatable bonds is 6. The van der Waals surface area contributed by atoms with Gasteiger partial charge in [0.2, 0.25) is 0 Å². The molecule has 0 atom stereocenters. The first kappa shape index (κ1) is 28.5. The summed E-state index contributed by atoms with van der Waals surface area (Å²) in [7, 11) is 1.72. The van der Waals surface area contributed by atoms with E-state index >= 15 is 0 Å². The van der Waals surface area contributed by atoms with Crippen molar-refractivity contribution in [2.45, 2.75) is 19.8 Å². The van der Waals surface area contributed by atoms with Crippen molar-refractivity contribution in [1.82, 2.24) is 24.2 Å². The van der Waals surface area contributed by atoms with E-state index in [9.17, 15) is 18.8 Å². The van der Waals surface area contributed by atoms with Gasteiger partial charge in [-0.3, -0.25) is 19.1 Å². The van der Waals surface area contributed by atoms with Gasteiger partial charge in [0.15, 0.2) is 0 Å². The lowest BCUT2D eigenvalue weighted by atomic mass is 10.1. The zero-order valence-corrected chi connectivity index (χ0v) is 24.3. The second kappa shape index (κ2) is 11.6. The zero-order chi connectivity index (χ0) is 31.0. The summed E-state index contributed by atoms with van der Waals surface area (Å²) in [4.78, 5) is 49.9. The van der Waals surface area contributed by atoms with E-state index in [0.29, 0.717) is 47.0 Å². The number of carbonyl (C=O) groups is 2. The molecule has 3 N–H and O–H groups in total. The fraction of sp³-hybridized carbons (Fsp3) is 0.182. The third-order valence-electron chi connectivity index (χ3n) is 7.88. The minimum Gasteiger partial charge on any atom is -0.382 e. The third kappa shape index (κ3) is 5.24. The van der Waals surface area contributed by atoms with Crippen LogP contribution in [0.3, 0.4) is 0 Å². The van der Waals surface area contributed by atoms with Crippen LogP contribution in [-0.2, 0) is 7.05 Å². The number of aromatic nitrogens is 4. The van der Waals surface area contributed by atoms with E-state index in [4.69, 9.17) is 5.73 Å². The van der Waals surface area contributed by atoms with Crippen molar-refractivity contribution in [3.63, 3.8) is 0 Å². The fourth-order valence-corrected chi connectivity index (χ4v) is 5.43. The molecule has 11 heteroatoms. The topological polar surface area (TPSA) is 128 Å². The van der Waals surface area contributed by atoms with Crippen molar-refractivity contribution < 1.29 is 14.0 Å². The van der Waals surface area contributed by atoms with Crippen LogP contribution < -0.4 is 16.6 Å². The normalized spacial score (nSPS) is 12.8. The van der Waals surface area contributed by atoms with E-state index in [1.54, 1.807) is 60.0 Å². The van der Waals surface area contributed by atoms with E-state index in [2.05, 4.69) is 15.3 Å². The van der Waals surface area contributed by atoms with Crippen molar-refractivity contribution in [3.8, 4) is 28.2 Å². The molecular weight excluding hydrogens is 561 g/mol. The third-order valence-corrected chi connectivity index (χ3v) is 7.88. The molecule has 3 heterocycles. The van der Waals surface area contributed by atoms with Crippen LogP contribution >= 0.6 is 0 Å². The molecule has 10 nitrogen and oxygen atoms in total. The Bertz CT molecular complexity index is 1940. The van der Waals surface area contributed by atoms with Gasteiger partial charge in [-0.25, -0.2) is 19.0 Å². The first-order chi connectivity index (χ1) is 21.2. The Morgan fingerprint density at radius 1 is 0.977 bits per heavy atom. The molecule has 6 rings (SSSR count). The Hall–Kier alpha value is -5.58. The maximum Gasteiger partial charge on any atom is 0.284 e. The van der Waals surface area contributed by atoms with Gasteiger partial charge in [0.1, 0.15) is 22.9 Å². The Kier molecular flexibility index (Phi) is 7.52. The van der Waals surface area contributed by atoms with Crippen molar-refractivity contribution in [2.24, 2.45) is 7.05 Å². The van der Waals surface area contributed by atoms with Crippen molar-refractivity contribution in [2.75, 3.05) is 24.1 Å². The summed E-state index contributed by atoms with van der Waals surface area (Å²) in [5, 5.41) is 2.79. The highest BCUT2D eigenvalue weighted by molar-refractivity contribution is 6.05. The summed E-state index contributed by atoms with van der Waals surface area (Å²) in [5.74, 6) is -1.08. The van der Waals surface area contributed by atoms with Gasteiger partial charge in [0, 0.05) is 42.5 Å². The number of carbonyl (C=O) groups excluding carboxylic acids is 2. The van der Waals surface area contributed by atoms with Gasteiger partial charge in [-0.2, -0.15) is 0 Å². The molecule has 3 aromatic carbocycles.